The van der Waals surface area contributed by atoms with Crippen molar-refractivity contribution in [2.45, 2.75) is 18.9 Å². The van der Waals surface area contributed by atoms with Gasteiger partial charge in [-0.15, -0.1) is 0 Å². The fraction of sp³-hybridized carbons (Fsp3) is 0.538. The normalized spacial score (nSPS) is 21.8. The molecule has 1 aromatic carbocycles. The molecule has 0 atom stereocenters. The molecule has 0 bridgehead atoms. The minimum absolute atomic E-state index is 0.768. The molecule has 1 saturated carbocycles. The first kappa shape index (κ1) is 11.2. The smallest absolute Gasteiger partial charge is 0.0790 e. The highest BCUT2D eigenvalue weighted by Gasteiger charge is 2.31. The Hall–Kier alpha value is -0.930. The summed E-state index contributed by atoms with van der Waals surface area (Å²) in [7, 11) is 0. The maximum atomic E-state index is 6.24. The van der Waals surface area contributed by atoms with Crippen molar-refractivity contribution in [1.29, 1.82) is 0 Å². The molecule has 1 aromatic rings. The third-order valence-electron chi connectivity index (χ3n) is 3.71. The molecule has 3 nitrogen and oxygen atoms in total. The minimum atomic E-state index is 0.768. The molecule has 3 rings (SSSR count). The van der Waals surface area contributed by atoms with Gasteiger partial charge < -0.3 is 10.6 Å². The summed E-state index contributed by atoms with van der Waals surface area (Å²) in [5.41, 5.74) is 7.83. The molecule has 0 amide bonds. The molecule has 2 N–H and O–H groups in total. The van der Waals surface area contributed by atoms with Crippen molar-refractivity contribution < 1.29 is 0 Å². The third kappa shape index (κ3) is 2.22. The number of rotatable bonds is 2. The Bertz CT molecular complexity index is 389. The number of hydrogen-bond donors (Lipinski definition) is 1. The van der Waals surface area contributed by atoms with Crippen LogP contribution in [0.4, 0.5) is 11.4 Å². The molecule has 1 saturated heterocycles. The van der Waals surface area contributed by atoms with Crippen LogP contribution in [0.5, 0.6) is 0 Å². The van der Waals surface area contributed by atoms with Crippen LogP contribution < -0.4 is 10.6 Å². The van der Waals surface area contributed by atoms with E-state index in [1.807, 2.05) is 18.2 Å². The zero-order valence-corrected chi connectivity index (χ0v) is 10.7. The van der Waals surface area contributed by atoms with Crippen LogP contribution in [-0.2, 0) is 0 Å². The summed E-state index contributed by atoms with van der Waals surface area (Å²) in [6.45, 7) is 4.33. The second-order valence-corrected chi connectivity index (χ2v) is 5.34. The van der Waals surface area contributed by atoms with Crippen molar-refractivity contribution >= 4 is 23.0 Å². The Morgan fingerprint density at radius 3 is 2.41 bits per heavy atom. The quantitative estimate of drug-likeness (QED) is 0.818. The molecule has 2 fully saturated rings. The number of nitrogens with two attached hydrogens (primary N) is 1. The average Bonchev–Trinajstić information content (AvgIpc) is 3.14. The van der Waals surface area contributed by atoms with E-state index in [9.17, 15) is 0 Å². The highest BCUT2D eigenvalue weighted by Crippen LogP contribution is 2.34. The van der Waals surface area contributed by atoms with Crippen LogP contribution in [0.1, 0.15) is 12.8 Å². The topological polar surface area (TPSA) is 32.5 Å². The van der Waals surface area contributed by atoms with Crippen LogP contribution in [0, 0.1) is 0 Å². The second kappa shape index (κ2) is 4.39. The zero-order valence-electron chi connectivity index (χ0n) is 9.90. The van der Waals surface area contributed by atoms with E-state index in [4.69, 9.17) is 17.3 Å². The van der Waals surface area contributed by atoms with E-state index >= 15 is 0 Å². The van der Waals surface area contributed by atoms with E-state index in [0.717, 1.165) is 48.6 Å². The van der Waals surface area contributed by atoms with Crippen LogP contribution in [0.15, 0.2) is 18.2 Å². The number of para-hydroxylation sites is 1. The fourth-order valence-corrected chi connectivity index (χ4v) is 2.92. The van der Waals surface area contributed by atoms with Crippen molar-refractivity contribution in [3.05, 3.63) is 23.2 Å². The number of piperazine rings is 1. The molecule has 0 unspecified atom stereocenters. The Morgan fingerprint density at radius 2 is 1.82 bits per heavy atom. The molecule has 92 valence electrons. The van der Waals surface area contributed by atoms with Gasteiger partial charge in [-0.25, -0.2) is 0 Å². The summed E-state index contributed by atoms with van der Waals surface area (Å²) >= 11 is 6.24. The first-order valence-electron chi connectivity index (χ1n) is 6.28. The first-order chi connectivity index (χ1) is 8.25. The van der Waals surface area contributed by atoms with Gasteiger partial charge in [-0.1, -0.05) is 17.7 Å². The Morgan fingerprint density at radius 1 is 1.12 bits per heavy atom. The predicted octanol–water partition coefficient (Wildman–Crippen LogP) is 2.21. The van der Waals surface area contributed by atoms with Gasteiger partial charge in [0.25, 0.3) is 0 Å². The third-order valence-corrected chi connectivity index (χ3v) is 4.02. The second-order valence-electron chi connectivity index (χ2n) is 4.93. The fourth-order valence-electron chi connectivity index (χ4n) is 2.62. The van der Waals surface area contributed by atoms with Crippen LogP contribution in [0.2, 0.25) is 5.02 Å². The Kier molecular flexibility index (Phi) is 2.89. The maximum absolute atomic E-state index is 6.24. The highest BCUT2D eigenvalue weighted by molar-refractivity contribution is 6.34. The van der Waals surface area contributed by atoms with Crippen molar-refractivity contribution in [3.63, 3.8) is 0 Å². The van der Waals surface area contributed by atoms with Crippen LogP contribution in [0.3, 0.4) is 0 Å². The summed E-state index contributed by atoms with van der Waals surface area (Å²) in [5, 5.41) is 0.768. The summed E-state index contributed by atoms with van der Waals surface area (Å²) in [4.78, 5) is 4.90. The van der Waals surface area contributed by atoms with Gasteiger partial charge in [0.15, 0.2) is 0 Å². The van der Waals surface area contributed by atoms with E-state index in [-0.39, 0.29) is 0 Å². The van der Waals surface area contributed by atoms with Crippen molar-refractivity contribution in [3.8, 4) is 0 Å². The van der Waals surface area contributed by atoms with Crippen LogP contribution in [-0.4, -0.2) is 37.1 Å². The average molecular weight is 252 g/mol. The number of halogens is 1. The number of anilines is 2. The van der Waals surface area contributed by atoms with Gasteiger partial charge in [0.2, 0.25) is 0 Å². The van der Waals surface area contributed by atoms with Gasteiger partial charge in [-0.2, -0.15) is 0 Å². The molecule has 1 aliphatic carbocycles. The Labute approximate surface area is 107 Å². The van der Waals surface area contributed by atoms with Gasteiger partial charge in [-0.3, -0.25) is 4.90 Å². The summed E-state index contributed by atoms with van der Waals surface area (Å²) in [6.07, 6.45) is 2.77. The van der Waals surface area contributed by atoms with Crippen molar-refractivity contribution in [1.82, 2.24) is 4.90 Å². The molecular formula is C13H18ClN3. The molecule has 0 radical (unpaired) electrons. The lowest BCUT2D eigenvalue weighted by Gasteiger charge is -2.37. The molecule has 2 aliphatic rings. The Balaban J connectivity index is 1.73. The number of nitrogen functional groups attached to an aromatic ring is 1. The van der Waals surface area contributed by atoms with E-state index in [1.54, 1.807) is 0 Å². The number of nitrogens with zero attached hydrogens (tertiary/aromatic N) is 2. The van der Waals surface area contributed by atoms with Crippen LogP contribution in [0.25, 0.3) is 0 Å². The van der Waals surface area contributed by atoms with E-state index in [1.165, 1.54) is 12.8 Å². The summed E-state index contributed by atoms with van der Waals surface area (Å²) in [5.74, 6) is 0. The molecular weight excluding hydrogens is 234 g/mol. The van der Waals surface area contributed by atoms with Gasteiger partial charge in [0.1, 0.15) is 0 Å². The van der Waals surface area contributed by atoms with Crippen molar-refractivity contribution in [2.75, 3.05) is 36.8 Å². The number of benzene rings is 1. The van der Waals surface area contributed by atoms with Gasteiger partial charge in [0, 0.05) is 32.2 Å². The highest BCUT2D eigenvalue weighted by atomic mass is 35.5. The zero-order chi connectivity index (χ0) is 11.8. The molecule has 17 heavy (non-hydrogen) atoms. The lowest BCUT2D eigenvalue weighted by Crippen LogP contribution is -2.47. The van der Waals surface area contributed by atoms with E-state index in [0.29, 0.717) is 0 Å². The van der Waals surface area contributed by atoms with Crippen molar-refractivity contribution in [2.24, 2.45) is 0 Å². The van der Waals surface area contributed by atoms with Gasteiger partial charge >= 0.3 is 0 Å². The molecule has 0 spiro atoms. The largest absolute Gasteiger partial charge is 0.397 e. The SMILES string of the molecule is Nc1cccc(Cl)c1N1CCN(C2CC2)CC1. The standard InChI is InChI=1S/C13H18ClN3/c14-11-2-1-3-12(15)13(11)17-8-6-16(7-9-17)10-4-5-10/h1-3,10H,4-9,15H2. The first-order valence-corrected chi connectivity index (χ1v) is 6.66. The monoisotopic (exact) mass is 251 g/mol. The predicted molar refractivity (Wildman–Crippen MR) is 72.7 cm³/mol. The molecule has 4 heteroatoms. The van der Waals surface area contributed by atoms with E-state index < -0.39 is 0 Å². The minimum Gasteiger partial charge on any atom is -0.397 e. The summed E-state index contributed by atoms with van der Waals surface area (Å²) < 4.78 is 0. The van der Waals surface area contributed by atoms with Crippen LogP contribution >= 0.6 is 11.6 Å². The number of hydrogen-bond acceptors (Lipinski definition) is 3. The lowest BCUT2D eigenvalue weighted by atomic mass is 10.2. The molecule has 1 heterocycles. The van der Waals surface area contributed by atoms with Gasteiger partial charge in [-0.05, 0) is 25.0 Å². The summed E-state index contributed by atoms with van der Waals surface area (Å²) in [6, 6.07) is 6.61. The molecule has 0 aromatic heterocycles. The maximum Gasteiger partial charge on any atom is 0.0790 e. The van der Waals surface area contributed by atoms with Gasteiger partial charge in [0.05, 0.1) is 16.4 Å². The lowest BCUT2D eigenvalue weighted by molar-refractivity contribution is 0.248. The van der Waals surface area contributed by atoms with E-state index in [2.05, 4.69) is 9.80 Å². The molecule has 1 aliphatic heterocycles.